The molecular weight excluding hydrogens is 266 g/mol. The number of ether oxygens (including phenoxy) is 1. The molecule has 114 valence electrons. The maximum absolute atomic E-state index is 12.6. The molecule has 1 aromatic carbocycles. The number of nitrogens with zero attached hydrogens (tertiary/aromatic N) is 2. The molecule has 21 heavy (non-hydrogen) atoms. The molecule has 2 aliphatic rings. The van der Waals surface area contributed by atoms with Crippen molar-refractivity contribution >= 4 is 5.91 Å². The molecule has 1 N–H and O–H groups in total. The summed E-state index contributed by atoms with van der Waals surface area (Å²) < 4.78 is 5.55. The van der Waals surface area contributed by atoms with Crippen LogP contribution in [0.1, 0.15) is 17.3 Å². The molecule has 5 nitrogen and oxygen atoms in total. The van der Waals surface area contributed by atoms with E-state index in [9.17, 15) is 4.79 Å². The summed E-state index contributed by atoms with van der Waals surface area (Å²) in [7, 11) is 0. The topological polar surface area (TPSA) is 44.8 Å². The number of benzene rings is 1. The molecule has 1 amide bonds. The smallest absolute Gasteiger partial charge is 0.257 e. The fourth-order valence-electron chi connectivity index (χ4n) is 2.99. The molecule has 0 unspecified atom stereocenters. The highest BCUT2D eigenvalue weighted by atomic mass is 16.5. The monoisotopic (exact) mass is 289 g/mol. The van der Waals surface area contributed by atoms with Crippen LogP contribution >= 0.6 is 0 Å². The SMILES string of the molecule is CCOc1ccccc1C(=O)N1CC(N2CCNCC2)C1. The predicted octanol–water partition coefficient (Wildman–Crippen LogP) is 0.815. The van der Waals surface area contributed by atoms with Crippen LogP contribution < -0.4 is 10.1 Å². The van der Waals surface area contributed by atoms with E-state index in [1.54, 1.807) is 0 Å². The number of piperazine rings is 1. The maximum atomic E-state index is 12.6. The Labute approximate surface area is 125 Å². The molecule has 0 aliphatic carbocycles. The van der Waals surface area contributed by atoms with Crippen LogP contribution in [-0.4, -0.2) is 67.6 Å². The van der Waals surface area contributed by atoms with Gasteiger partial charge in [-0.2, -0.15) is 0 Å². The summed E-state index contributed by atoms with van der Waals surface area (Å²) in [6.45, 7) is 8.46. The number of hydrogen-bond donors (Lipinski definition) is 1. The minimum absolute atomic E-state index is 0.0884. The lowest BCUT2D eigenvalue weighted by molar-refractivity contribution is 0.0224. The van der Waals surface area contributed by atoms with E-state index in [-0.39, 0.29) is 5.91 Å². The van der Waals surface area contributed by atoms with Crippen molar-refractivity contribution in [1.82, 2.24) is 15.1 Å². The van der Waals surface area contributed by atoms with Crippen molar-refractivity contribution in [3.05, 3.63) is 29.8 Å². The zero-order chi connectivity index (χ0) is 14.7. The third-order valence-electron chi connectivity index (χ3n) is 4.23. The van der Waals surface area contributed by atoms with Gasteiger partial charge in [0, 0.05) is 45.3 Å². The van der Waals surface area contributed by atoms with Crippen LogP contribution in [0.15, 0.2) is 24.3 Å². The van der Waals surface area contributed by atoms with Crippen molar-refractivity contribution in [2.24, 2.45) is 0 Å². The van der Waals surface area contributed by atoms with E-state index in [0.717, 1.165) is 39.3 Å². The normalized spacial score (nSPS) is 20.1. The minimum atomic E-state index is 0.0884. The van der Waals surface area contributed by atoms with Crippen LogP contribution in [-0.2, 0) is 0 Å². The van der Waals surface area contributed by atoms with E-state index in [2.05, 4.69) is 10.2 Å². The highest BCUT2D eigenvalue weighted by Gasteiger charge is 2.36. The number of carbonyl (C=O) groups excluding carboxylic acids is 1. The summed E-state index contributed by atoms with van der Waals surface area (Å²) in [4.78, 5) is 17.0. The molecule has 5 heteroatoms. The second kappa shape index (κ2) is 6.45. The average Bonchev–Trinajstić information content (AvgIpc) is 2.48. The molecule has 0 saturated carbocycles. The number of para-hydroxylation sites is 1. The highest BCUT2D eigenvalue weighted by molar-refractivity contribution is 5.97. The highest BCUT2D eigenvalue weighted by Crippen LogP contribution is 2.24. The summed E-state index contributed by atoms with van der Waals surface area (Å²) in [5.74, 6) is 0.779. The van der Waals surface area contributed by atoms with Crippen LogP contribution in [0.3, 0.4) is 0 Å². The number of amides is 1. The number of hydrogen-bond acceptors (Lipinski definition) is 4. The molecule has 2 saturated heterocycles. The Bertz CT molecular complexity index is 494. The van der Waals surface area contributed by atoms with Gasteiger partial charge in [-0.25, -0.2) is 0 Å². The van der Waals surface area contributed by atoms with Crippen LogP contribution in [0.4, 0.5) is 0 Å². The van der Waals surface area contributed by atoms with Crippen molar-refractivity contribution in [1.29, 1.82) is 0 Å². The Morgan fingerprint density at radius 3 is 2.71 bits per heavy atom. The molecule has 0 radical (unpaired) electrons. The maximum Gasteiger partial charge on any atom is 0.257 e. The van der Waals surface area contributed by atoms with E-state index in [1.807, 2.05) is 36.1 Å². The molecule has 2 fully saturated rings. The van der Waals surface area contributed by atoms with Gasteiger partial charge in [-0.05, 0) is 19.1 Å². The van der Waals surface area contributed by atoms with Crippen molar-refractivity contribution in [3.63, 3.8) is 0 Å². The van der Waals surface area contributed by atoms with Crippen LogP contribution in [0.2, 0.25) is 0 Å². The van der Waals surface area contributed by atoms with Crippen molar-refractivity contribution in [2.75, 3.05) is 45.9 Å². The average molecular weight is 289 g/mol. The van der Waals surface area contributed by atoms with Gasteiger partial charge in [0.1, 0.15) is 5.75 Å². The summed E-state index contributed by atoms with van der Waals surface area (Å²) in [5, 5.41) is 3.36. The third kappa shape index (κ3) is 3.04. The number of nitrogens with one attached hydrogen (secondary N) is 1. The van der Waals surface area contributed by atoms with E-state index in [1.165, 1.54) is 0 Å². The Morgan fingerprint density at radius 2 is 2.00 bits per heavy atom. The largest absolute Gasteiger partial charge is 0.493 e. The number of rotatable bonds is 4. The first-order valence-corrected chi connectivity index (χ1v) is 7.75. The summed E-state index contributed by atoms with van der Waals surface area (Å²) in [6, 6.07) is 8.04. The standard InChI is InChI=1S/C16H23N3O2/c1-2-21-15-6-4-3-5-14(15)16(20)19-11-13(12-19)18-9-7-17-8-10-18/h3-6,13,17H,2,7-12H2,1H3. The molecule has 0 atom stereocenters. The second-order valence-electron chi connectivity index (χ2n) is 5.58. The quantitative estimate of drug-likeness (QED) is 0.891. The zero-order valence-corrected chi connectivity index (χ0v) is 12.5. The summed E-state index contributed by atoms with van der Waals surface area (Å²) in [5.41, 5.74) is 0.679. The molecule has 2 aliphatic heterocycles. The van der Waals surface area contributed by atoms with Gasteiger partial charge in [-0.3, -0.25) is 9.69 Å². The molecule has 0 bridgehead atoms. The lowest BCUT2D eigenvalue weighted by Gasteiger charge is -2.46. The van der Waals surface area contributed by atoms with Gasteiger partial charge in [0.15, 0.2) is 0 Å². The summed E-state index contributed by atoms with van der Waals surface area (Å²) >= 11 is 0. The minimum Gasteiger partial charge on any atom is -0.493 e. The first-order chi connectivity index (χ1) is 10.3. The first kappa shape index (κ1) is 14.4. The van der Waals surface area contributed by atoms with E-state index in [4.69, 9.17) is 4.74 Å². The van der Waals surface area contributed by atoms with Gasteiger partial charge >= 0.3 is 0 Å². The van der Waals surface area contributed by atoms with Crippen molar-refractivity contribution in [2.45, 2.75) is 13.0 Å². The van der Waals surface area contributed by atoms with Gasteiger partial charge in [-0.1, -0.05) is 12.1 Å². The van der Waals surface area contributed by atoms with E-state index < -0.39 is 0 Å². The van der Waals surface area contributed by atoms with Gasteiger partial charge in [0.25, 0.3) is 5.91 Å². The molecule has 0 spiro atoms. The molecule has 3 rings (SSSR count). The second-order valence-corrected chi connectivity index (χ2v) is 5.58. The Balaban J connectivity index is 1.60. The Morgan fingerprint density at radius 1 is 1.29 bits per heavy atom. The zero-order valence-electron chi connectivity index (χ0n) is 12.5. The number of carbonyl (C=O) groups is 1. The predicted molar refractivity (Wildman–Crippen MR) is 81.7 cm³/mol. The molecule has 0 aromatic heterocycles. The Hall–Kier alpha value is -1.59. The first-order valence-electron chi connectivity index (χ1n) is 7.75. The fourth-order valence-corrected chi connectivity index (χ4v) is 2.99. The Kier molecular flexibility index (Phi) is 4.41. The van der Waals surface area contributed by atoms with Crippen LogP contribution in [0.5, 0.6) is 5.75 Å². The van der Waals surface area contributed by atoms with Crippen LogP contribution in [0.25, 0.3) is 0 Å². The van der Waals surface area contributed by atoms with E-state index >= 15 is 0 Å². The lowest BCUT2D eigenvalue weighted by Crippen LogP contribution is -2.63. The van der Waals surface area contributed by atoms with Crippen molar-refractivity contribution in [3.8, 4) is 5.75 Å². The van der Waals surface area contributed by atoms with E-state index in [0.29, 0.717) is 24.0 Å². The summed E-state index contributed by atoms with van der Waals surface area (Å²) in [6.07, 6.45) is 0. The molecule has 1 aromatic rings. The lowest BCUT2D eigenvalue weighted by atomic mass is 10.0. The van der Waals surface area contributed by atoms with Gasteiger partial charge in [-0.15, -0.1) is 0 Å². The van der Waals surface area contributed by atoms with Gasteiger partial charge < -0.3 is 15.0 Å². The fraction of sp³-hybridized carbons (Fsp3) is 0.562. The molecule has 2 heterocycles. The van der Waals surface area contributed by atoms with Gasteiger partial charge in [0.2, 0.25) is 0 Å². The van der Waals surface area contributed by atoms with Crippen LogP contribution in [0, 0.1) is 0 Å². The molecular formula is C16H23N3O2. The third-order valence-corrected chi connectivity index (χ3v) is 4.23. The van der Waals surface area contributed by atoms with Crippen molar-refractivity contribution < 1.29 is 9.53 Å². The van der Waals surface area contributed by atoms with Gasteiger partial charge in [0.05, 0.1) is 12.2 Å². The number of likely N-dealkylation sites (tertiary alicyclic amines) is 1.